The first-order chi connectivity index (χ1) is 11.6. The van der Waals surface area contributed by atoms with E-state index in [0.717, 1.165) is 44.9 Å². The van der Waals surface area contributed by atoms with Crippen molar-refractivity contribution in [3.63, 3.8) is 0 Å². The summed E-state index contributed by atoms with van der Waals surface area (Å²) in [6, 6.07) is 0. The van der Waals surface area contributed by atoms with Crippen LogP contribution in [0.5, 0.6) is 0 Å². The first-order valence-electron chi connectivity index (χ1n) is 9.81. The molecule has 0 spiro atoms. The fraction of sp³-hybridized carbons (Fsp3) is 0.773. The fourth-order valence-electron chi connectivity index (χ4n) is 4.35. The molecule has 2 heterocycles. The molecule has 0 N–H and O–H groups in total. The van der Waals surface area contributed by atoms with Gasteiger partial charge >= 0.3 is 5.97 Å². The molecule has 0 amide bonds. The summed E-state index contributed by atoms with van der Waals surface area (Å²) in [6.07, 6.45) is 11.7. The average molecular weight is 349 g/mol. The summed E-state index contributed by atoms with van der Waals surface area (Å²) < 4.78 is 12.4. The number of esters is 1. The zero-order chi connectivity index (χ0) is 18.7. The van der Waals surface area contributed by atoms with Gasteiger partial charge < -0.3 is 9.47 Å². The monoisotopic (exact) mass is 348 g/mol. The van der Waals surface area contributed by atoms with Crippen LogP contribution in [0.1, 0.15) is 86.5 Å². The van der Waals surface area contributed by atoms with E-state index in [1.807, 2.05) is 0 Å². The summed E-state index contributed by atoms with van der Waals surface area (Å²) in [5.74, 6) is 0.190. The maximum Gasteiger partial charge on any atom is 0.303 e. The molecule has 3 atom stereocenters. The number of allylic oxidation sites excluding steroid dienone is 4. The minimum Gasteiger partial charge on any atom is -0.459 e. The summed E-state index contributed by atoms with van der Waals surface area (Å²) in [5, 5.41) is 0. The van der Waals surface area contributed by atoms with Gasteiger partial charge in [-0.25, -0.2) is 0 Å². The van der Waals surface area contributed by atoms with Crippen LogP contribution in [0, 0.1) is 5.92 Å². The Morgan fingerprint density at radius 3 is 2.44 bits per heavy atom. The lowest BCUT2D eigenvalue weighted by molar-refractivity contribution is -0.250. The highest BCUT2D eigenvalue weighted by atomic mass is 16.6. The summed E-state index contributed by atoms with van der Waals surface area (Å²) in [4.78, 5) is 11.7. The van der Waals surface area contributed by atoms with Crippen LogP contribution in [-0.4, -0.2) is 23.3 Å². The molecule has 2 aliphatic heterocycles. The maximum atomic E-state index is 11.7. The van der Waals surface area contributed by atoms with Crippen LogP contribution in [0.2, 0.25) is 0 Å². The van der Waals surface area contributed by atoms with Gasteiger partial charge in [0.2, 0.25) is 0 Å². The average Bonchev–Trinajstić information content (AvgIpc) is 2.47. The Morgan fingerprint density at radius 2 is 1.76 bits per heavy atom. The molecule has 0 saturated carbocycles. The lowest BCUT2D eigenvalue weighted by atomic mass is 9.73. The van der Waals surface area contributed by atoms with Gasteiger partial charge in [-0.05, 0) is 85.5 Å². The minimum absolute atomic E-state index is 0.163. The molecule has 0 radical (unpaired) electrons. The molecule has 1 saturated heterocycles. The first-order valence-corrected chi connectivity index (χ1v) is 9.81. The molecule has 1 fully saturated rings. The highest BCUT2D eigenvalue weighted by molar-refractivity contribution is 5.66. The van der Waals surface area contributed by atoms with Crippen LogP contribution in [0.3, 0.4) is 0 Å². The second-order valence-corrected chi connectivity index (χ2v) is 8.77. The standard InChI is InChI=1S/C22H36O3/c1-16-9-7-10-17(2)12-13-19-15-20(24-18(3)23)22(6,14-8-11-16)25-21(19,4)5/h10-11,19-20H,7-9,12-15H2,1-6H3/b16-11+,17-10+/t19?,20?,22-/m0/s1. The number of rotatable bonds is 1. The predicted molar refractivity (Wildman–Crippen MR) is 102 cm³/mol. The van der Waals surface area contributed by atoms with Crippen molar-refractivity contribution in [1.29, 1.82) is 0 Å². The molecule has 3 heteroatoms. The quantitative estimate of drug-likeness (QED) is 0.448. The van der Waals surface area contributed by atoms with E-state index in [2.05, 4.69) is 46.8 Å². The van der Waals surface area contributed by atoms with E-state index in [1.165, 1.54) is 18.1 Å². The number of hydrogen-bond acceptors (Lipinski definition) is 3. The lowest BCUT2D eigenvalue weighted by Gasteiger charge is -2.52. The van der Waals surface area contributed by atoms with Crippen molar-refractivity contribution in [2.45, 2.75) is 104 Å². The van der Waals surface area contributed by atoms with Crippen molar-refractivity contribution < 1.29 is 14.3 Å². The molecule has 3 nitrogen and oxygen atoms in total. The maximum absolute atomic E-state index is 11.7. The van der Waals surface area contributed by atoms with Gasteiger partial charge in [0.1, 0.15) is 11.7 Å². The van der Waals surface area contributed by atoms with Gasteiger partial charge in [0, 0.05) is 6.92 Å². The fourth-order valence-corrected chi connectivity index (χ4v) is 4.35. The molecule has 25 heavy (non-hydrogen) atoms. The molecule has 0 aromatic carbocycles. The Labute approximate surface area is 153 Å². The zero-order valence-electron chi connectivity index (χ0n) is 17.0. The summed E-state index contributed by atoms with van der Waals surface area (Å²) in [6.45, 7) is 12.5. The largest absolute Gasteiger partial charge is 0.459 e. The SMILES string of the molecule is CC(=O)OC1CC2CC/C(C)=C/CC/C(C)=C/CC[C@]1(C)OC2(C)C. The van der Waals surface area contributed by atoms with Gasteiger partial charge in [0.15, 0.2) is 0 Å². The normalized spacial score (nSPS) is 38.0. The third-order valence-electron chi connectivity index (χ3n) is 6.02. The Bertz CT molecular complexity index is 543. The van der Waals surface area contributed by atoms with E-state index in [1.54, 1.807) is 0 Å². The second-order valence-electron chi connectivity index (χ2n) is 8.77. The third kappa shape index (κ3) is 5.44. The summed E-state index contributed by atoms with van der Waals surface area (Å²) in [7, 11) is 0. The first kappa shape index (κ1) is 20.2. The third-order valence-corrected chi connectivity index (χ3v) is 6.02. The molecule has 2 bridgehead atoms. The molecule has 0 aromatic rings. The van der Waals surface area contributed by atoms with Gasteiger partial charge in [-0.1, -0.05) is 23.3 Å². The zero-order valence-corrected chi connectivity index (χ0v) is 17.0. The molecule has 1 aliphatic carbocycles. The lowest BCUT2D eigenvalue weighted by Crippen LogP contribution is -2.58. The van der Waals surface area contributed by atoms with E-state index < -0.39 is 5.60 Å². The topological polar surface area (TPSA) is 35.5 Å². The van der Waals surface area contributed by atoms with E-state index in [-0.39, 0.29) is 17.7 Å². The summed E-state index contributed by atoms with van der Waals surface area (Å²) in [5.41, 5.74) is 2.27. The van der Waals surface area contributed by atoms with Gasteiger partial charge in [0.05, 0.1) is 5.60 Å². The molecule has 2 unspecified atom stereocenters. The molecule has 3 rings (SSSR count). The van der Waals surface area contributed by atoms with Crippen LogP contribution in [0.4, 0.5) is 0 Å². The Morgan fingerprint density at radius 1 is 1.12 bits per heavy atom. The number of fused-ring (bicyclic) bond motifs is 9. The van der Waals surface area contributed by atoms with Crippen molar-refractivity contribution in [2.24, 2.45) is 5.92 Å². The van der Waals surface area contributed by atoms with Crippen molar-refractivity contribution in [3.05, 3.63) is 23.3 Å². The number of carbonyl (C=O) groups excluding carboxylic acids is 1. The Balaban J connectivity index is 2.31. The summed E-state index contributed by atoms with van der Waals surface area (Å²) >= 11 is 0. The highest BCUT2D eigenvalue weighted by Crippen LogP contribution is 2.45. The Hall–Kier alpha value is -1.09. The van der Waals surface area contributed by atoms with Crippen molar-refractivity contribution >= 4 is 5.97 Å². The second kappa shape index (κ2) is 8.07. The minimum atomic E-state index is -0.419. The van der Waals surface area contributed by atoms with Crippen molar-refractivity contribution in [1.82, 2.24) is 0 Å². The molecular formula is C22H36O3. The van der Waals surface area contributed by atoms with E-state index >= 15 is 0 Å². The molecule has 3 aliphatic rings. The molecule has 142 valence electrons. The predicted octanol–water partition coefficient (Wildman–Crippen LogP) is 5.74. The number of ether oxygens (including phenoxy) is 2. The molecular weight excluding hydrogens is 312 g/mol. The van der Waals surface area contributed by atoms with Gasteiger partial charge in [-0.15, -0.1) is 0 Å². The van der Waals surface area contributed by atoms with E-state index in [0.29, 0.717) is 5.92 Å². The van der Waals surface area contributed by atoms with Crippen LogP contribution < -0.4 is 0 Å². The number of carbonyl (C=O) groups is 1. The Kier molecular flexibility index (Phi) is 6.53. The van der Waals surface area contributed by atoms with Crippen LogP contribution >= 0.6 is 0 Å². The number of hydrogen-bond donors (Lipinski definition) is 0. The highest BCUT2D eigenvalue weighted by Gasteiger charge is 2.50. The van der Waals surface area contributed by atoms with Gasteiger partial charge in [0.25, 0.3) is 0 Å². The van der Waals surface area contributed by atoms with Gasteiger partial charge in [-0.2, -0.15) is 0 Å². The van der Waals surface area contributed by atoms with E-state index in [9.17, 15) is 4.79 Å². The van der Waals surface area contributed by atoms with Crippen LogP contribution in [0.25, 0.3) is 0 Å². The van der Waals surface area contributed by atoms with Crippen molar-refractivity contribution in [2.75, 3.05) is 0 Å². The van der Waals surface area contributed by atoms with Crippen molar-refractivity contribution in [3.8, 4) is 0 Å². The van der Waals surface area contributed by atoms with E-state index in [4.69, 9.17) is 9.47 Å². The molecule has 0 aromatic heterocycles. The van der Waals surface area contributed by atoms with Crippen LogP contribution in [0.15, 0.2) is 23.3 Å². The van der Waals surface area contributed by atoms with Gasteiger partial charge in [-0.3, -0.25) is 4.79 Å². The van der Waals surface area contributed by atoms with Crippen LogP contribution in [-0.2, 0) is 14.3 Å². The smallest absolute Gasteiger partial charge is 0.303 e.